The largest absolute Gasteiger partial charge is 0.468 e. The molecule has 2 nitrogen and oxygen atoms in total. The first kappa shape index (κ1) is 14.8. The summed E-state index contributed by atoms with van der Waals surface area (Å²) in [6, 6.07) is 6.87. The molecule has 98 valence electrons. The lowest BCUT2D eigenvalue weighted by molar-refractivity contribution is 0.0220. The monoisotopic (exact) mass is 262 g/mol. The summed E-state index contributed by atoms with van der Waals surface area (Å²) in [5.41, 5.74) is 1.96. The molecule has 18 heavy (non-hydrogen) atoms. The molecule has 0 aliphatic heterocycles. The number of aryl methyl sites for hydroxylation is 1. The summed E-state index contributed by atoms with van der Waals surface area (Å²) in [6.07, 6.45) is 5.37. The van der Waals surface area contributed by atoms with Gasteiger partial charge in [-0.2, -0.15) is 0 Å². The lowest BCUT2D eigenvalue weighted by Crippen LogP contribution is -2.22. The molecule has 0 aliphatic carbocycles. The molecule has 0 unspecified atom stereocenters. The molecule has 1 aromatic carbocycles. The Morgan fingerprint density at radius 2 is 2.00 bits per heavy atom. The van der Waals surface area contributed by atoms with E-state index in [0.717, 1.165) is 29.5 Å². The van der Waals surface area contributed by atoms with Crippen molar-refractivity contribution >= 4 is 8.07 Å². The highest BCUT2D eigenvalue weighted by Gasteiger charge is 2.11. The molecular weight excluding hydrogens is 240 g/mol. The molecule has 1 aromatic rings. The van der Waals surface area contributed by atoms with Crippen LogP contribution in [0.1, 0.15) is 11.1 Å². The van der Waals surface area contributed by atoms with Crippen LogP contribution < -0.4 is 4.74 Å². The van der Waals surface area contributed by atoms with E-state index >= 15 is 0 Å². The third kappa shape index (κ3) is 5.39. The van der Waals surface area contributed by atoms with Gasteiger partial charge in [0.05, 0.1) is 0 Å². The highest BCUT2D eigenvalue weighted by molar-refractivity contribution is 6.76. The summed E-state index contributed by atoms with van der Waals surface area (Å²) in [5, 5.41) is 0. The van der Waals surface area contributed by atoms with Crippen LogP contribution in [0.4, 0.5) is 0 Å². The number of rotatable bonds is 6. The van der Waals surface area contributed by atoms with Crippen LogP contribution in [0.15, 0.2) is 18.2 Å². The Bertz CT molecular complexity index is 427. The van der Waals surface area contributed by atoms with Gasteiger partial charge in [-0.05, 0) is 36.7 Å². The van der Waals surface area contributed by atoms with Crippen LogP contribution >= 0.6 is 0 Å². The van der Waals surface area contributed by atoms with Gasteiger partial charge in [0.2, 0.25) is 0 Å². The van der Waals surface area contributed by atoms with Crippen LogP contribution in [-0.4, -0.2) is 21.5 Å². The SMILES string of the molecule is C#Cc1ccc(OCOCC[Si](C)(C)C)cc1C. The Balaban J connectivity index is 2.32. The van der Waals surface area contributed by atoms with E-state index in [1.165, 1.54) is 0 Å². The van der Waals surface area contributed by atoms with Crippen molar-refractivity contribution in [2.75, 3.05) is 13.4 Å². The Hall–Kier alpha value is -1.24. The van der Waals surface area contributed by atoms with Crippen molar-refractivity contribution in [3.05, 3.63) is 29.3 Å². The molecule has 1 rings (SSSR count). The van der Waals surface area contributed by atoms with Crippen molar-refractivity contribution in [3.63, 3.8) is 0 Å². The summed E-state index contributed by atoms with van der Waals surface area (Å²) in [5.74, 6) is 3.44. The minimum atomic E-state index is -1.01. The van der Waals surface area contributed by atoms with Crippen molar-refractivity contribution < 1.29 is 9.47 Å². The van der Waals surface area contributed by atoms with Crippen molar-refractivity contribution in [1.29, 1.82) is 0 Å². The molecule has 0 amide bonds. The highest BCUT2D eigenvalue weighted by Crippen LogP contribution is 2.16. The standard InChI is InChI=1S/C15H22O2Si/c1-6-14-7-8-15(11-13(14)2)17-12-16-9-10-18(3,4)5/h1,7-8,11H,9-10,12H2,2-5H3. The lowest BCUT2D eigenvalue weighted by Gasteiger charge is -2.15. The lowest BCUT2D eigenvalue weighted by atomic mass is 10.1. The van der Waals surface area contributed by atoms with Crippen LogP contribution in [0.2, 0.25) is 25.7 Å². The molecule has 0 N–H and O–H groups in total. The number of terminal acetylenes is 1. The van der Waals surface area contributed by atoms with Crippen LogP contribution in [0.5, 0.6) is 5.75 Å². The maximum atomic E-state index is 5.53. The molecule has 0 spiro atoms. The fourth-order valence-corrected chi connectivity index (χ4v) is 2.19. The van der Waals surface area contributed by atoms with E-state index in [4.69, 9.17) is 15.9 Å². The molecule has 0 saturated carbocycles. The van der Waals surface area contributed by atoms with Gasteiger partial charge >= 0.3 is 0 Å². The maximum absolute atomic E-state index is 5.53. The van der Waals surface area contributed by atoms with E-state index in [2.05, 4.69) is 25.6 Å². The molecule has 0 bridgehead atoms. The average Bonchev–Trinajstić information content (AvgIpc) is 2.27. The van der Waals surface area contributed by atoms with E-state index in [-0.39, 0.29) is 0 Å². The van der Waals surface area contributed by atoms with Gasteiger partial charge in [-0.25, -0.2) is 0 Å². The zero-order chi connectivity index (χ0) is 13.6. The maximum Gasteiger partial charge on any atom is 0.189 e. The summed E-state index contributed by atoms with van der Waals surface area (Å²) < 4.78 is 11.0. The topological polar surface area (TPSA) is 18.5 Å². The van der Waals surface area contributed by atoms with Crippen LogP contribution in [0.25, 0.3) is 0 Å². The quantitative estimate of drug-likeness (QED) is 0.337. The van der Waals surface area contributed by atoms with Gasteiger partial charge in [0.25, 0.3) is 0 Å². The first-order valence-corrected chi connectivity index (χ1v) is 9.91. The molecule has 0 aromatic heterocycles. The van der Waals surface area contributed by atoms with Gasteiger partial charge in [0, 0.05) is 20.2 Å². The van der Waals surface area contributed by atoms with Gasteiger partial charge in [0.15, 0.2) is 6.79 Å². The molecule has 0 fully saturated rings. The summed E-state index contributed by atoms with van der Waals surface area (Å²) in [4.78, 5) is 0. The second-order valence-electron chi connectivity index (χ2n) is 5.60. The third-order valence-electron chi connectivity index (χ3n) is 2.66. The second kappa shape index (κ2) is 6.63. The fourth-order valence-electron chi connectivity index (χ4n) is 1.43. The van der Waals surface area contributed by atoms with Gasteiger partial charge < -0.3 is 9.47 Å². The van der Waals surface area contributed by atoms with Gasteiger partial charge in [-0.3, -0.25) is 0 Å². The molecular formula is C15H22O2Si. The zero-order valence-corrected chi connectivity index (χ0v) is 12.7. The number of hydrogen-bond acceptors (Lipinski definition) is 2. The van der Waals surface area contributed by atoms with Crippen LogP contribution in [-0.2, 0) is 4.74 Å². The van der Waals surface area contributed by atoms with E-state index < -0.39 is 8.07 Å². The normalized spacial score (nSPS) is 11.1. The van der Waals surface area contributed by atoms with Crippen molar-refractivity contribution in [2.24, 2.45) is 0 Å². The molecule has 0 saturated heterocycles. The predicted molar refractivity (Wildman–Crippen MR) is 78.7 cm³/mol. The molecule has 0 radical (unpaired) electrons. The highest BCUT2D eigenvalue weighted by atomic mass is 28.3. The molecule has 3 heteroatoms. The van der Waals surface area contributed by atoms with Crippen molar-refractivity contribution in [2.45, 2.75) is 32.6 Å². The first-order valence-electron chi connectivity index (χ1n) is 6.20. The third-order valence-corrected chi connectivity index (χ3v) is 4.36. The predicted octanol–water partition coefficient (Wildman–Crippen LogP) is 3.67. The molecule has 0 atom stereocenters. The Morgan fingerprint density at radius 1 is 1.28 bits per heavy atom. The van der Waals surface area contributed by atoms with Gasteiger partial charge in [0.1, 0.15) is 5.75 Å². The van der Waals surface area contributed by atoms with Crippen molar-refractivity contribution in [3.8, 4) is 18.1 Å². The minimum Gasteiger partial charge on any atom is -0.468 e. The van der Waals surface area contributed by atoms with Gasteiger partial charge in [-0.1, -0.05) is 25.6 Å². The molecule has 0 aliphatic rings. The van der Waals surface area contributed by atoms with E-state index in [1.54, 1.807) is 0 Å². The Morgan fingerprint density at radius 3 is 2.56 bits per heavy atom. The summed E-state index contributed by atoms with van der Waals surface area (Å²) >= 11 is 0. The summed E-state index contributed by atoms with van der Waals surface area (Å²) in [6.45, 7) is 10.1. The smallest absolute Gasteiger partial charge is 0.189 e. The second-order valence-corrected chi connectivity index (χ2v) is 11.2. The Labute approximate surface area is 111 Å². The van der Waals surface area contributed by atoms with Crippen LogP contribution in [0, 0.1) is 19.3 Å². The first-order chi connectivity index (χ1) is 8.42. The van der Waals surface area contributed by atoms with E-state index in [1.807, 2.05) is 25.1 Å². The van der Waals surface area contributed by atoms with Crippen LogP contribution in [0.3, 0.4) is 0 Å². The number of benzene rings is 1. The van der Waals surface area contributed by atoms with E-state index in [9.17, 15) is 0 Å². The summed E-state index contributed by atoms with van der Waals surface area (Å²) in [7, 11) is -1.01. The van der Waals surface area contributed by atoms with E-state index in [0.29, 0.717) is 6.79 Å². The van der Waals surface area contributed by atoms with Gasteiger partial charge in [-0.15, -0.1) is 6.42 Å². The number of hydrogen-bond donors (Lipinski definition) is 0. The molecule has 0 heterocycles. The minimum absolute atomic E-state index is 0.305. The number of ether oxygens (including phenoxy) is 2. The Kier molecular flexibility index (Phi) is 5.45. The van der Waals surface area contributed by atoms with Crippen molar-refractivity contribution in [1.82, 2.24) is 0 Å². The zero-order valence-electron chi connectivity index (χ0n) is 11.7. The fraction of sp³-hybridized carbons (Fsp3) is 0.467. The average molecular weight is 262 g/mol.